The van der Waals surface area contributed by atoms with Crippen molar-refractivity contribution in [1.29, 1.82) is 0 Å². The molecule has 146 valence electrons. The maximum Gasteiger partial charge on any atom is 0.156 e. The molecule has 0 saturated carbocycles. The first-order chi connectivity index (χ1) is 13.6. The highest BCUT2D eigenvalue weighted by molar-refractivity contribution is 6.37. The van der Waals surface area contributed by atoms with Crippen molar-refractivity contribution in [3.05, 3.63) is 100 Å². The Morgan fingerprint density at radius 1 is 0.821 bits per heavy atom. The van der Waals surface area contributed by atoms with Crippen LogP contribution in [0.25, 0.3) is 0 Å². The van der Waals surface area contributed by atoms with Gasteiger partial charge in [-0.15, -0.1) is 0 Å². The molecule has 2 N–H and O–H groups in total. The Morgan fingerprint density at radius 3 is 1.82 bits per heavy atom. The summed E-state index contributed by atoms with van der Waals surface area (Å²) in [4.78, 5) is 1.17. The fourth-order valence-corrected chi connectivity index (χ4v) is 3.91. The topological polar surface area (TPSA) is 33.9 Å². The van der Waals surface area contributed by atoms with Crippen LogP contribution in [0.5, 0.6) is 5.75 Å². The first-order valence-electron chi connectivity index (χ1n) is 9.23. The molecule has 0 aliphatic rings. The number of para-hydroxylation sites is 1. The van der Waals surface area contributed by atoms with E-state index in [1.807, 2.05) is 36.4 Å². The van der Waals surface area contributed by atoms with E-state index in [2.05, 4.69) is 31.3 Å². The van der Waals surface area contributed by atoms with E-state index in [0.29, 0.717) is 22.3 Å². The van der Waals surface area contributed by atoms with Gasteiger partial charge in [0.2, 0.25) is 0 Å². The lowest BCUT2D eigenvalue weighted by atomic mass is 9.97. The molecule has 1 unspecified atom stereocenters. The highest BCUT2D eigenvalue weighted by Crippen LogP contribution is 2.32. The third-order valence-electron chi connectivity index (χ3n) is 4.66. The molecular formula is C23H24Cl2NO2+. The number of aliphatic hydroxyl groups is 1. The Morgan fingerprint density at radius 2 is 1.32 bits per heavy atom. The Labute approximate surface area is 176 Å². The van der Waals surface area contributed by atoms with Crippen molar-refractivity contribution in [2.45, 2.75) is 12.1 Å². The fourth-order valence-electron chi connectivity index (χ4n) is 3.40. The molecular weight excluding hydrogens is 393 g/mol. The van der Waals surface area contributed by atoms with Crippen LogP contribution in [0.2, 0.25) is 10.0 Å². The highest BCUT2D eigenvalue weighted by Gasteiger charge is 2.25. The van der Waals surface area contributed by atoms with E-state index >= 15 is 0 Å². The van der Waals surface area contributed by atoms with Gasteiger partial charge in [-0.25, -0.2) is 0 Å². The van der Waals surface area contributed by atoms with Crippen LogP contribution in [0.4, 0.5) is 0 Å². The van der Waals surface area contributed by atoms with E-state index < -0.39 is 6.10 Å². The zero-order valence-electron chi connectivity index (χ0n) is 15.7. The van der Waals surface area contributed by atoms with Crippen LogP contribution in [0, 0.1) is 0 Å². The average Bonchev–Trinajstić information content (AvgIpc) is 2.69. The van der Waals surface area contributed by atoms with Crippen molar-refractivity contribution >= 4 is 23.2 Å². The third kappa shape index (κ3) is 5.27. The van der Waals surface area contributed by atoms with Crippen LogP contribution in [0.15, 0.2) is 78.9 Å². The summed E-state index contributed by atoms with van der Waals surface area (Å²) in [6.45, 7) is 0.633. The summed E-state index contributed by atoms with van der Waals surface area (Å²) in [6, 6.07) is 26.0. The fraction of sp³-hybridized carbons (Fsp3) is 0.217. The quantitative estimate of drug-likeness (QED) is 0.580. The van der Waals surface area contributed by atoms with Crippen LogP contribution < -0.4 is 9.64 Å². The summed E-state index contributed by atoms with van der Waals surface area (Å²) in [5.74, 6) is 0.408. The predicted molar refractivity (Wildman–Crippen MR) is 114 cm³/mol. The number of ether oxygens (including phenoxy) is 1. The van der Waals surface area contributed by atoms with Gasteiger partial charge in [-0.2, -0.15) is 0 Å². The summed E-state index contributed by atoms with van der Waals surface area (Å²) in [5.41, 5.74) is 2.40. The minimum absolute atomic E-state index is 0.112. The lowest BCUT2D eigenvalue weighted by molar-refractivity contribution is -0.909. The van der Waals surface area contributed by atoms with E-state index in [4.69, 9.17) is 27.9 Å². The van der Waals surface area contributed by atoms with Gasteiger partial charge in [0.1, 0.15) is 25.3 Å². The van der Waals surface area contributed by atoms with E-state index in [0.717, 1.165) is 0 Å². The van der Waals surface area contributed by atoms with Crippen LogP contribution in [0.1, 0.15) is 17.2 Å². The molecule has 0 fully saturated rings. The second-order valence-corrected chi connectivity index (χ2v) is 7.63. The summed E-state index contributed by atoms with van der Waals surface area (Å²) < 4.78 is 5.69. The van der Waals surface area contributed by atoms with Crippen LogP contribution in [-0.2, 0) is 0 Å². The molecule has 3 rings (SSSR count). The van der Waals surface area contributed by atoms with Crippen LogP contribution in [-0.4, -0.2) is 31.4 Å². The van der Waals surface area contributed by atoms with Gasteiger partial charge in [-0.05, 0) is 12.1 Å². The average molecular weight is 417 g/mol. The maximum absolute atomic E-state index is 10.6. The third-order valence-corrected chi connectivity index (χ3v) is 5.25. The van der Waals surface area contributed by atoms with Gasteiger partial charge in [0.25, 0.3) is 0 Å². The molecule has 0 aliphatic carbocycles. The van der Waals surface area contributed by atoms with E-state index in [-0.39, 0.29) is 12.6 Å². The van der Waals surface area contributed by atoms with Crippen molar-refractivity contribution in [1.82, 2.24) is 0 Å². The van der Waals surface area contributed by atoms with Gasteiger partial charge in [-0.3, -0.25) is 0 Å². The minimum Gasteiger partial charge on any atom is -0.488 e. The summed E-state index contributed by atoms with van der Waals surface area (Å²) in [5, 5.41) is 11.4. The number of aliphatic hydroxyl groups excluding tert-OH is 1. The Kier molecular flexibility index (Phi) is 7.35. The molecule has 3 nitrogen and oxygen atoms in total. The molecule has 5 heteroatoms. The number of benzene rings is 3. The molecule has 0 heterocycles. The molecule has 0 aliphatic heterocycles. The molecule has 3 aromatic carbocycles. The summed E-state index contributed by atoms with van der Waals surface area (Å²) in [7, 11) is 2.08. The van der Waals surface area contributed by atoms with Gasteiger partial charge in [-0.1, -0.05) is 89.9 Å². The minimum atomic E-state index is -0.665. The lowest BCUT2D eigenvalue weighted by Crippen LogP contribution is -3.10. The van der Waals surface area contributed by atoms with E-state index in [1.165, 1.54) is 16.0 Å². The van der Waals surface area contributed by atoms with Gasteiger partial charge >= 0.3 is 0 Å². The Bertz CT molecular complexity index is 815. The predicted octanol–water partition coefficient (Wildman–Crippen LogP) is 4.04. The zero-order valence-corrected chi connectivity index (χ0v) is 17.2. The standard InChI is InChI=1S/C23H23Cl2NO2/c1-26(15-19(27)16-28-23-20(24)13-8-14-21(23)25)22(17-9-4-2-5-10-17)18-11-6-3-7-12-18/h2-14,19,22,27H,15-16H2,1H3/p+1/t19-/m0/s1. The number of likely N-dealkylation sites (N-methyl/N-ethyl adjacent to an activating group) is 1. The molecule has 0 bridgehead atoms. The first kappa shape index (κ1) is 20.7. The number of hydrogen-bond acceptors (Lipinski definition) is 2. The number of hydrogen-bond donors (Lipinski definition) is 2. The number of nitrogens with one attached hydrogen (secondary N) is 1. The lowest BCUT2D eigenvalue weighted by Gasteiger charge is -2.27. The van der Waals surface area contributed by atoms with E-state index in [1.54, 1.807) is 18.2 Å². The molecule has 2 atom stereocenters. The highest BCUT2D eigenvalue weighted by atomic mass is 35.5. The summed E-state index contributed by atoms with van der Waals surface area (Å²) >= 11 is 12.3. The monoisotopic (exact) mass is 416 g/mol. The SMILES string of the molecule is C[NH+](C[C@H](O)COc1c(Cl)cccc1Cl)C(c1ccccc1)c1ccccc1. The first-order valence-corrected chi connectivity index (χ1v) is 9.99. The van der Waals surface area contributed by atoms with Gasteiger partial charge in [0.05, 0.1) is 17.1 Å². The van der Waals surface area contributed by atoms with Gasteiger partial charge < -0.3 is 14.7 Å². The number of halogens is 2. The molecule has 0 amide bonds. The largest absolute Gasteiger partial charge is 0.488 e. The van der Waals surface area contributed by atoms with Crippen LogP contribution in [0.3, 0.4) is 0 Å². The second-order valence-electron chi connectivity index (χ2n) is 6.82. The molecule has 0 aromatic heterocycles. The van der Waals surface area contributed by atoms with Gasteiger partial charge in [0.15, 0.2) is 5.75 Å². The van der Waals surface area contributed by atoms with Crippen molar-refractivity contribution in [3.8, 4) is 5.75 Å². The second kappa shape index (κ2) is 9.94. The Balaban J connectivity index is 1.70. The zero-order chi connectivity index (χ0) is 19.9. The number of quaternary nitrogens is 1. The molecule has 0 spiro atoms. The van der Waals surface area contributed by atoms with Crippen LogP contribution >= 0.6 is 23.2 Å². The number of rotatable bonds is 8. The molecule has 0 radical (unpaired) electrons. The van der Waals surface area contributed by atoms with E-state index in [9.17, 15) is 5.11 Å². The van der Waals surface area contributed by atoms with Gasteiger partial charge in [0, 0.05) is 11.1 Å². The van der Waals surface area contributed by atoms with Crippen molar-refractivity contribution in [2.24, 2.45) is 0 Å². The molecule has 3 aromatic rings. The Hall–Kier alpha value is -2.04. The van der Waals surface area contributed by atoms with Crippen molar-refractivity contribution in [3.63, 3.8) is 0 Å². The maximum atomic E-state index is 10.6. The normalized spacial score (nSPS) is 13.3. The molecule has 0 saturated heterocycles. The van der Waals surface area contributed by atoms with Crippen molar-refractivity contribution < 1.29 is 14.7 Å². The summed E-state index contributed by atoms with van der Waals surface area (Å²) in [6.07, 6.45) is -0.665. The molecule has 28 heavy (non-hydrogen) atoms. The smallest absolute Gasteiger partial charge is 0.156 e. The van der Waals surface area contributed by atoms with Crippen molar-refractivity contribution in [2.75, 3.05) is 20.2 Å².